The number of fused-ring (bicyclic) bond motifs is 1. The highest BCUT2D eigenvalue weighted by molar-refractivity contribution is 6.15. The van der Waals surface area contributed by atoms with Gasteiger partial charge in [0, 0.05) is 31.9 Å². The van der Waals surface area contributed by atoms with Crippen molar-refractivity contribution in [2.45, 2.75) is 26.9 Å². The fourth-order valence-corrected chi connectivity index (χ4v) is 4.19. The maximum atomic E-state index is 13.0. The molecule has 1 aliphatic heterocycles. The normalized spacial score (nSPS) is 13.9. The van der Waals surface area contributed by atoms with Gasteiger partial charge in [0.05, 0.1) is 11.1 Å². The number of ketones is 1. The van der Waals surface area contributed by atoms with Crippen molar-refractivity contribution in [2.24, 2.45) is 0 Å². The number of hydrogen-bond acceptors (Lipinski definition) is 5. The molecule has 1 N–H and O–H groups in total. The summed E-state index contributed by atoms with van der Waals surface area (Å²) in [6, 6.07) is 21.5. The molecule has 0 spiro atoms. The maximum absolute atomic E-state index is 13.0. The highest BCUT2D eigenvalue weighted by Gasteiger charge is 2.31. The minimum absolute atomic E-state index is 0.131. The number of anilines is 1. The van der Waals surface area contributed by atoms with Crippen LogP contribution in [0.15, 0.2) is 72.5 Å². The maximum Gasteiger partial charge on any atom is 0.231 e. The van der Waals surface area contributed by atoms with E-state index in [1.807, 2.05) is 37.4 Å². The molecule has 5 heteroatoms. The second-order valence-corrected chi connectivity index (χ2v) is 8.30. The van der Waals surface area contributed by atoms with Gasteiger partial charge in [-0.1, -0.05) is 42.5 Å². The van der Waals surface area contributed by atoms with Gasteiger partial charge in [-0.2, -0.15) is 0 Å². The van der Waals surface area contributed by atoms with Gasteiger partial charge < -0.3 is 14.7 Å². The van der Waals surface area contributed by atoms with E-state index < -0.39 is 0 Å². The summed E-state index contributed by atoms with van der Waals surface area (Å²) < 4.78 is 6.02. The average molecular weight is 443 g/mol. The molecule has 3 aromatic rings. The van der Waals surface area contributed by atoms with E-state index in [0.717, 1.165) is 30.9 Å². The van der Waals surface area contributed by atoms with Gasteiger partial charge in [0.15, 0.2) is 5.76 Å². The third-order valence-corrected chi connectivity index (χ3v) is 5.96. The number of benzene rings is 3. The number of hydrogen-bond donors (Lipinski definition) is 1. The molecule has 0 radical (unpaired) electrons. The Balaban J connectivity index is 1.55. The number of carbonyl (C=O) groups is 1. The van der Waals surface area contributed by atoms with Crippen molar-refractivity contribution < 1.29 is 14.6 Å². The van der Waals surface area contributed by atoms with Crippen LogP contribution in [-0.2, 0) is 13.1 Å². The molecule has 4 rings (SSSR count). The van der Waals surface area contributed by atoms with Crippen molar-refractivity contribution in [3.05, 3.63) is 94.7 Å². The quantitative estimate of drug-likeness (QED) is 0.468. The van der Waals surface area contributed by atoms with Gasteiger partial charge in [0.1, 0.15) is 11.5 Å². The third-order valence-electron chi connectivity index (χ3n) is 5.96. The Kier molecular flexibility index (Phi) is 6.80. The van der Waals surface area contributed by atoms with Gasteiger partial charge >= 0.3 is 0 Å². The Labute approximate surface area is 195 Å². The zero-order valence-corrected chi connectivity index (χ0v) is 19.4. The molecule has 0 aromatic heterocycles. The Morgan fingerprint density at radius 2 is 1.61 bits per heavy atom. The monoisotopic (exact) mass is 442 g/mol. The Morgan fingerprint density at radius 1 is 0.909 bits per heavy atom. The van der Waals surface area contributed by atoms with Crippen LogP contribution < -0.4 is 9.64 Å². The second-order valence-electron chi connectivity index (χ2n) is 8.30. The summed E-state index contributed by atoms with van der Waals surface area (Å²) in [6.07, 6.45) is 1.77. The van der Waals surface area contributed by atoms with Crippen LogP contribution in [0.25, 0.3) is 6.08 Å². The van der Waals surface area contributed by atoms with E-state index in [0.29, 0.717) is 23.4 Å². The number of phenolic OH excluding ortho intramolecular Hbond substituents is 1. The molecular weight excluding hydrogens is 412 g/mol. The highest BCUT2D eigenvalue weighted by atomic mass is 16.5. The number of ether oxygens (including phenoxy) is 1. The van der Waals surface area contributed by atoms with Crippen LogP contribution in [0.3, 0.4) is 0 Å². The lowest BCUT2D eigenvalue weighted by molar-refractivity contribution is 0.101. The van der Waals surface area contributed by atoms with Crippen molar-refractivity contribution in [1.29, 1.82) is 0 Å². The predicted octanol–water partition coefficient (Wildman–Crippen LogP) is 5.49. The molecule has 0 saturated heterocycles. The van der Waals surface area contributed by atoms with Gasteiger partial charge in [-0.3, -0.25) is 9.69 Å². The van der Waals surface area contributed by atoms with Crippen LogP contribution in [0.2, 0.25) is 0 Å². The standard InChI is InChI=1S/C28H30N2O3/c1-4-30(5-2)22-13-11-20(12-14-22)17-26-27(32)23-15-16-25(31)24(28(23)33-26)19-29(3)18-21-9-7-6-8-10-21/h6-17,31H,4-5,18-19H2,1-3H3/b26-17-. The molecule has 0 aliphatic carbocycles. The van der Waals surface area contributed by atoms with E-state index in [1.54, 1.807) is 18.2 Å². The van der Waals surface area contributed by atoms with Crippen LogP contribution in [0.4, 0.5) is 5.69 Å². The Morgan fingerprint density at radius 3 is 2.27 bits per heavy atom. The van der Waals surface area contributed by atoms with Crippen molar-refractivity contribution in [1.82, 2.24) is 4.90 Å². The summed E-state index contributed by atoms with van der Waals surface area (Å²) in [4.78, 5) is 17.4. The van der Waals surface area contributed by atoms with Gasteiger partial charge in [-0.25, -0.2) is 0 Å². The molecule has 3 aromatic carbocycles. The number of rotatable bonds is 8. The van der Waals surface area contributed by atoms with Crippen molar-refractivity contribution in [3.63, 3.8) is 0 Å². The number of carbonyl (C=O) groups excluding carboxylic acids is 1. The molecule has 170 valence electrons. The van der Waals surface area contributed by atoms with Crippen molar-refractivity contribution in [2.75, 3.05) is 25.0 Å². The van der Waals surface area contributed by atoms with Crippen LogP contribution in [0, 0.1) is 0 Å². The SMILES string of the molecule is CCN(CC)c1ccc(/C=C2\Oc3c(ccc(O)c3CN(C)Cc3ccccc3)C2=O)cc1. The number of Topliss-reactive ketones (excluding diaryl/α,β-unsaturated/α-hetero) is 1. The number of allylic oxidation sites excluding steroid dienone is 1. The zero-order valence-electron chi connectivity index (χ0n) is 19.4. The zero-order chi connectivity index (χ0) is 23.4. The summed E-state index contributed by atoms with van der Waals surface area (Å²) in [5, 5.41) is 10.5. The summed E-state index contributed by atoms with van der Waals surface area (Å²) in [7, 11) is 1.98. The number of phenols is 1. The van der Waals surface area contributed by atoms with Crippen LogP contribution in [0.5, 0.6) is 11.5 Å². The molecular formula is C28H30N2O3. The lowest BCUT2D eigenvalue weighted by atomic mass is 10.0. The van der Waals surface area contributed by atoms with E-state index in [2.05, 4.69) is 47.9 Å². The lowest BCUT2D eigenvalue weighted by Gasteiger charge is -2.20. The summed E-state index contributed by atoms with van der Waals surface area (Å²) in [6.45, 7) is 7.33. The van der Waals surface area contributed by atoms with Crippen molar-refractivity contribution >= 4 is 17.5 Å². The molecule has 0 unspecified atom stereocenters. The fraction of sp³-hybridized carbons (Fsp3) is 0.250. The molecule has 5 nitrogen and oxygen atoms in total. The van der Waals surface area contributed by atoms with E-state index in [4.69, 9.17) is 4.74 Å². The van der Waals surface area contributed by atoms with E-state index >= 15 is 0 Å². The summed E-state index contributed by atoms with van der Waals surface area (Å²) >= 11 is 0. The first-order valence-electron chi connectivity index (χ1n) is 11.4. The van der Waals surface area contributed by atoms with E-state index in [9.17, 15) is 9.90 Å². The van der Waals surface area contributed by atoms with Crippen LogP contribution >= 0.6 is 0 Å². The minimum Gasteiger partial charge on any atom is -0.507 e. The minimum atomic E-state index is -0.162. The van der Waals surface area contributed by atoms with Crippen molar-refractivity contribution in [3.8, 4) is 11.5 Å². The van der Waals surface area contributed by atoms with Gasteiger partial charge in [0.2, 0.25) is 5.78 Å². The molecule has 0 bridgehead atoms. The summed E-state index contributed by atoms with van der Waals surface area (Å²) in [5.41, 5.74) is 4.34. The molecule has 33 heavy (non-hydrogen) atoms. The molecule has 0 amide bonds. The second kappa shape index (κ2) is 9.92. The Bertz CT molecular complexity index is 1150. The van der Waals surface area contributed by atoms with Crippen LogP contribution in [0.1, 0.15) is 40.9 Å². The predicted molar refractivity (Wildman–Crippen MR) is 133 cm³/mol. The largest absolute Gasteiger partial charge is 0.507 e. The lowest BCUT2D eigenvalue weighted by Crippen LogP contribution is -2.21. The van der Waals surface area contributed by atoms with Gasteiger partial charge in [-0.15, -0.1) is 0 Å². The van der Waals surface area contributed by atoms with Crippen LogP contribution in [-0.4, -0.2) is 35.9 Å². The molecule has 0 atom stereocenters. The van der Waals surface area contributed by atoms with E-state index in [-0.39, 0.29) is 17.3 Å². The van der Waals surface area contributed by atoms with E-state index in [1.165, 1.54) is 5.56 Å². The van der Waals surface area contributed by atoms with Gasteiger partial charge in [-0.05, 0) is 62.4 Å². The highest BCUT2D eigenvalue weighted by Crippen LogP contribution is 2.40. The molecule has 0 saturated carbocycles. The summed E-state index contributed by atoms with van der Waals surface area (Å²) in [5.74, 6) is 0.695. The third kappa shape index (κ3) is 4.94. The smallest absolute Gasteiger partial charge is 0.231 e. The number of aromatic hydroxyl groups is 1. The molecule has 0 fully saturated rings. The topological polar surface area (TPSA) is 53.0 Å². The first kappa shape index (κ1) is 22.6. The Hall–Kier alpha value is -3.57. The molecule has 1 aliphatic rings. The fourth-order valence-electron chi connectivity index (χ4n) is 4.19. The first-order valence-corrected chi connectivity index (χ1v) is 11.4. The van der Waals surface area contributed by atoms with Gasteiger partial charge in [0.25, 0.3) is 0 Å². The first-order chi connectivity index (χ1) is 16.0. The average Bonchev–Trinajstić information content (AvgIpc) is 3.13. The molecule has 1 heterocycles. The number of nitrogens with zero attached hydrogens (tertiary/aromatic N) is 2.